The van der Waals surface area contributed by atoms with Crippen LogP contribution in [0.2, 0.25) is 0 Å². The van der Waals surface area contributed by atoms with E-state index in [1.54, 1.807) is 12.3 Å². The molecule has 0 aliphatic heterocycles. The minimum absolute atomic E-state index is 0.340. The zero-order valence-corrected chi connectivity index (χ0v) is 9.01. The molecule has 0 unspecified atom stereocenters. The van der Waals surface area contributed by atoms with E-state index in [4.69, 9.17) is 14.9 Å². The first-order valence-corrected chi connectivity index (χ1v) is 5.06. The second kappa shape index (κ2) is 4.65. The van der Waals surface area contributed by atoms with E-state index in [9.17, 15) is 0 Å². The first kappa shape index (κ1) is 10.5. The van der Waals surface area contributed by atoms with Crippen molar-refractivity contribution in [2.24, 2.45) is 0 Å². The molecule has 84 valence electrons. The van der Waals surface area contributed by atoms with Crippen LogP contribution >= 0.6 is 0 Å². The number of aromatic nitrogens is 2. The van der Waals surface area contributed by atoms with Crippen LogP contribution in [0.4, 0.5) is 5.82 Å². The van der Waals surface area contributed by atoms with Crippen molar-refractivity contribution in [3.63, 3.8) is 0 Å². The molecule has 0 bridgehead atoms. The van der Waals surface area contributed by atoms with Gasteiger partial charge in [0, 0.05) is 12.5 Å². The summed E-state index contributed by atoms with van der Waals surface area (Å²) in [7, 11) is 0. The largest absolute Gasteiger partial charge is 0.469 e. The topological polar surface area (TPSA) is 74.2 Å². The van der Waals surface area contributed by atoms with Gasteiger partial charge in [-0.3, -0.25) is 0 Å². The number of nitrogens with zero attached hydrogens (tertiary/aromatic N) is 2. The predicted octanol–water partition coefficient (Wildman–Crippen LogP) is 1.79. The Morgan fingerprint density at radius 3 is 3.00 bits per heavy atom. The molecule has 0 aliphatic rings. The van der Waals surface area contributed by atoms with Gasteiger partial charge in [-0.15, -0.1) is 0 Å². The summed E-state index contributed by atoms with van der Waals surface area (Å²) in [6.07, 6.45) is 2.33. The number of aryl methyl sites for hydroxylation is 1. The summed E-state index contributed by atoms with van der Waals surface area (Å²) < 4.78 is 10.6. The molecular formula is C11H13N3O2. The summed E-state index contributed by atoms with van der Waals surface area (Å²) in [5, 5.41) is 0. The van der Waals surface area contributed by atoms with Gasteiger partial charge in [0.25, 0.3) is 0 Å². The molecule has 2 aromatic rings. The Hall–Kier alpha value is -2.04. The van der Waals surface area contributed by atoms with Crippen LogP contribution < -0.4 is 10.5 Å². The number of hydrogen-bond donors (Lipinski definition) is 1. The lowest BCUT2D eigenvalue weighted by Gasteiger charge is -2.05. The smallest absolute Gasteiger partial charge is 0.219 e. The third-order valence-electron chi connectivity index (χ3n) is 2.03. The number of anilines is 1. The molecule has 0 radical (unpaired) electrons. The summed E-state index contributed by atoms with van der Waals surface area (Å²) in [4.78, 5) is 8.26. The third kappa shape index (κ3) is 2.50. The van der Waals surface area contributed by atoms with Gasteiger partial charge >= 0.3 is 0 Å². The molecule has 0 atom stereocenters. The number of furan rings is 1. The number of nitrogen functional groups attached to an aromatic ring is 1. The lowest BCUT2D eigenvalue weighted by Crippen LogP contribution is -2.02. The van der Waals surface area contributed by atoms with Crippen molar-refractivity contribution in [1.29, 1.82) is 0 Å². The summed E-state index contributed by atoms with van der Waals surface area (Å²) in [5.41, 5.74) is 5.63. The third-order valence-corrected chi connectivity index (χ3v) is 2.03. The highest BCUT2D eigenvalue weighted by atomic mass is 16.5. The Kier molecular flexibility index (Phi) is 3.05. The fourth-order valence-corrected chi connectivity index (χ4v) is 1.26. The van der Waals surface area contributed by atoms with Crippen molar-refractivity contribution in [1.82, 2.24) is 9.97 Å². The fraction of sp³-hybridized carbons (Fsp3) is 0.273. The summed E-state index contributed by atoms with van der Waals surface area (Å²) in [6, 6.07) is 5.25. The molecule has 0 aliphatic carbocycles. The Morgan fingerprint density at radius 1 is 1.44 bits per heavy atom. The second-order valence-electron chi connectivity index (χ2n) is 3.27. The standard InChI is InChI=1S/C11H13N3O2/c1-2-10-13-9(12)6-11(14-10)16-7-8-4-3-5-15-8/h3-6H,2,7H2,1H3,(H2,12,13,14). The highest BCUT2D eigenvalue weighted by Crippen LogP contribution is 2.13. The van der Waals surface area contributed by atoms with Crippen molar-refractivity contribution in [2.45, 2.75) is 20.0 Å². The van der Waals surface area contributed by atoms with Crippen LogP contribution in [0.15, 0.2) is 28.9 Å². The van der Waals surface area contributed by atoms with Gasteiger partial charge in [-0.25, -0.2) is 4.98 Å². The maximum Gasteiger partial charge on any atom is 0.219 e. The van der Waals surface area contributed by atoms with Gasteiger partial charge in [-0.2, -0.15) is 4.98 Å². The number of ether oxygens (including phenoxy) is 1. The molecule has 0 aromatic carbocycles. The van der Waals surface area contributed by atoms with Gasteiger partial charge in [0.2, 0.25) is 5.88 Å². The Morgan fingerprint density at radius 2 is 2.31 bits per heavy atom. The molecule has 16 heavy (non-hydrogen) atoms. The predicted molar refractivity (Wildman–Crippen MR) is 58.9 cm³/mol. The summed E-state index contributed by atoms with van der Waals surface area (Å²) in [5.74, 6) is 2.31. The van der Waals surface area contributed by atoms with Gasteiger partial charge in [0.05, 0.1) is 6.26 Å². The van der Waals surface area contributed by atoms with E-state index >= 15 is 0 Å². The monoisotopic (exact) mass is 219 g/mol. The zero-order chi connectivity index (χ0) is 11.4. The average molecular weight is 219 g/mol. The quantitative estimate of drug-likeness (QED) is 0.848. The SMILES string of the molecule is CCc1nc(N)cc(OCc2ccco2)n1. The molecule has 0 amide bonds. The molecule has 0 saturated heterocycles. The summed E-state index contributed by atoms with van der Waals surface area (Å²) >= 11 is 0. The van der Waals surface area contributed by atoms with Gasteiger partial charge < -0.3 is 14.9 Å². The average Bonchev–Trinajstić information content (AvgIpc) is 2.78. The lowest BCUT2D eigenvalue weighted by atomic mass is 10.4. The minimum atomic E-state index is 0.340. The van der Waals surface area contributed by atoms with Crippen LogP contribution in [0.25, 0.3) is 0 Å². The molecule has 0 fully saturated rings. The van der Waals surface area contributed by atoms with E-state index in [0.717, 1.165) is 12.2 Å². The van der Waals surface area contributed by atoms with E-state index < -0.39 is 0 Å². The Labute approximate surface area is 93.3 Å². The van der Waals surface area contributed by atoms with Crippen molar-refractivity contribution >= 4 is 5.82 Å². The van der Waals surface area contributed by atoms with Crippen molar-refractivity contribution in [3.05, 3.63) is 36.0 Å². The fourth-order valence-electron chi connectivity index (χ4n) is 1.26. The molecule has 2 N–H and O–H groups in total. The van der Waals surface area contributed by atoms with Gasteiger partial charge in [0.1, 0.15) is 24.0 Å². The van der Waals surface area contributed by atoms with E-state index in [1.807, 2.05) is 19.1 Å². The van der Waals surface area contributed by atoms with Gasteiger partial charge in [-0.05, 0) is 12.1 Å². The maximum absolute atomic E-state index is 5.63. The molecule has 2 heterocycles. The van der Waals surface area contributed by atoms with Crippen LogP contribution in [0.1, 0.15) is 18.5 Å². The Bertz CT molecular complexity index is 454. The maximum atomic E-state index is 5.63. The van der Waals surface area contributed by atoms with Crippen molar-refractivity contribution in [3.8, 4) is 5.88 Å². The first-order chi connectivity index (χ1) is 7.78. The van der Waals surface area contributed by atoms with E-state index in [0.29, 0.717) is 24.1 Å². The van der Waals surface area contributed by atoms with E-state index in [-0.39, 0.29) is 0 Å². The van der Waals surface area contributed by atoms with Crippen molar-refractivity contribution in [2.75, 3.05) is 5.73 Å². The molecule has 5 nitrogen and oxygen atoms in total. The van der Waals surface area contributed by atoms with Crippen LogP contribution in [0, 0.1) is 0 Å². The van der Waals surface area contributed by atoms with Gasteiger partial charge in [-0.1, -0.05) is 6.92 Å². The van der Waals surface area contributed by atoms with Crippen LogP contribution in [0.3, 0.4) is 0 Å². The summed E-state index contributed by atoms with van der Waals surface area (Å²) in [6.45, 7) is 2.30. The highest BCUT2D eigenvalue weighted by Gasteiger charge is 2.03. The normalized spacial score (nSPS) is 10.3. The highest BCUT2D eigenvalue weighted by molar-refractivity contribution is 5.32. The molecule has 2 aromatic heterocycles. The van der Waals surface area contributed by atoms with E-state index in [1.165, 1.54) is 0 Å². The van der Waals surface area contributed by atoms with Crippen LogP contribution in [-0.4, -0.2) is 9.97 Å². The van der Waals surface area contributed by atoms with Crippen LogP contribution in [0.5, 0.6) is 5.88 Å². The molecule has 0 saturated carbocycles. The van der Waals surface area contributed by atoms with Crippen molar-refractivity contribution < 1.29 is 9.15 Å². The number of rotatable bonds is 4. The molecular weight excluding hydrogens is 206 g/mol. The molecule has 5 heteroatoms. The molecule has 0 spiro atoms. The zero-order valence-electron chi connectivity index (χ0n) is 9.01. The van der Waals surface area contributed by atoms with Gasteiger partial charge in [0.15, 0.2) is 0 Å². The first-order valence-electron chi connectivity index (χ1n) is 5.06. The Balaban J connectivity index is 2.06. The second-order valence-corrected chi connectivity index (χ2v) is 3.27. The molecule has 2 rings (SSSR count). The van der Waals surface area contributed by atoms with E-state index in [2.05, 4.69) is 9.97 Å². The lowest BCUT2D eigenvalue weighted by molar-refractivity contribution is 0.259. The minimum Gasteiger partial charge on any atom is -0.469 e. The van der Waals surface area contributed by atoms with Crippen LogP contribution in [-0.2, 0) is 13.0 Å². The number of hydrogen-bond acceptors (Lipinski definition) is 5. The number of nitrogens with two attached hydrogens (primary N) is 1.